The van der Waals surface area contributed by atoms with Crippen molar-refractivity contribution in [2.24, 2.45) is 0 Å². The van der Waals surface area contributed by atoms with Crippen LogP contribution in [0.15, 0.2) is 5.38 Å². The molecule has 16 heavy (non-hydrogen) atoms. The van der Waals surface area contributed by atoms with Crippen molar-refractivity contribution in [3.63, 3.8) is 0 Å². The summed E-state index contributed by atoms with van der Waals surface area (Å²) < 4.78 is 0. The van der Waals surface area contributed by atoms with Crippen molar-refractivity contribution in [3.05, 3.63) is 16.1 Å². The molecule has 92 valence electrons. The van der Waals surface area contributed by atoms with E-state index in [2.05, 4.69) is 41.4 Å². The van der Waals surface area contributed by atoms with E-state index < -0.39 is 0 Å². The highest BCUT2D eigenvalue weighted by atomic mass is 35.5. The van der Waals surface area contributed by atoms with Crippen LogP contribution in [0.25, 0.3) is 0 Å². The van der Waals surface area contributed by atoms with E-state index in [1.807, 2.05) is 0 Å². The second-order valence-electron chi connectivity index (χ2n) is 4.52. The Hall–Kier alpha value is -0.160. The maximum atomic E-state index is 4.51. The summed E-state index contributed by atoms with van der Waals surface area (Å²) in [6, 6.07) is 1.18. The monoisotopic (exact) mass is 261 g/mol. The molecule has 0 bridgehead atoms. The van der Waals surface area contributed by atoms with E-state index >= 15 is 0 Å². The minimum absolute atomic E-state index is 0. The molecule has 0 amide bonds. The van der Waals surface area contributed by atoms with Crippen molar-refractivity contribution in [1.82, 2.24) is 15.2 Å². The zero-order chi connectivity index (χ0) is 10.8. The van der Waals surface area contributed by atoms with Crippen LogP contribution in [0.5, 0.6) is 0 Å². The standard InChI is InChI=1S/C11H19N3S.ClH/c1-8-4-14(5-9(2)12-8)6-11-7-15-10(3)13-11;/h7-9,12H,4-6H2,1-3H3;1H. The first-order chi connectivity index (χ1) is 7.13. The van der Waals surface area contributed by atoms with Gasteiger partial charge in [-0.15, -0.1) is 23.7 Å². The van der Waals surface area contributed by atoms with E-state index in [-0.39, 0.29) is 12.4 Å². The molecular formula is C11H20ClN3S. The van der Waals surface area contributed by atoms with Crippen LogP contribution in [0.1, 0.15) is 24.5 Å². The third kappa shape index (κ3) is 3.70. The number of thiazole rings is 1. The second-order valence-corrected chi connectivity index (χ2v) is 5.58. The summed E-state index contributed by atoms with van der Waals surface area (Å²) in [5.74, 6) is 0. The van der Waals surface area contributed by atoms with Gasteiger partial charge in [0.1, 0.15) is 0 Å². The van der Waals surface area contributed by atoms with Crippen LogP contribution >= 0.6 is 23.7 Å². The minimum Gasteiger partial charge on any atom is -0.309 e. The highest BCUT2D eigenvalue weighted by Crippen LogP contribution is 2.12. The van der Waals surface area contributed by atoms with Gasteiger partial charge in [-0.25, -0.2) is 4.98 Å². The number of rotatable bonds is 2. The van der Waals surface area contributed by atoms with E-state index in [1.165, 1.54) is 10.7 Å². The molecule has 3 nitrogen and oxygen atoms in total. The van der Waals surface area contributed by atoms with Crippen LogP contribution in [-0.4, -0.2) is 35.1 Å². The van der Waals surface area contributed by atoms with Crippen LogP contribution in [0, 0.1) is 6.92 Å². The molecule has 2 unspecified atom stereocenters. The van der Waals surface area contributed by atoms with Crippen molar-refractivity contribution in [1.29, 1.82) is 0 Å². The lowest BCUT2D eigenvalue weighted by Crippen LogP contribution is -2.53. The second kappa shape index (κ2) is 5.96. The van der Waals surface area contributed by atoms with Crippen molar-refractivity contribution in [3.8, 4) is 0 Å². The summed E-state index contributed by atoms with van der Waals surface area (Å²) in [5, 5.41) is 6.88. The number of hydrogen-bond donors (Lipinski definition) is 1. The molecule has 2 atom stereocenters. The molecule has 0 spiro atoms. The Morgan fingerprint density at radius 2 is 2.06 bits per heavy atom. The van der Waals surface area contributed by atoms with Crippen LogP contribution in [0.2, 0.25) is 0 Å². The van der Waals surface area contributed by atoms with E-state index in [4.69, 9.17) is 0 Å². The SMILES string of the molecule is Cc1nc(CN2CC(C)NC(C)C2)cs1.Cl. The number of nitrogens with one attached hydrogen (secondary N) is 1. The van der Waals surface area contributed by atoms with Gasteiger partial charge in [-0.05, 0) is 20.8 Å². The molecule has 5 heteroatoms. The molecule has 0 aliphatic carbocycles. The van der Waals surface area contributed by atoms with Gasteiger partial charge < -0.3 is 5.32 Å². The number of aromatic nitrogens is 1. The third-order valence-corrected chi connectivity index (χ3v) is 3.51. The first kappa shape index (κ1) is 13.9. The fourth-order valence-electron chi connectivity index (χ4n) is 2.28. The van der Waals surface area contributed by atoms with Gasteiger partial charge >= 0.3 is 0 Å². The average Bonchev–Trinajstić information content (AvgIpc) is 2.49. The maximum absolute atomic E-state index is 4.51. The van der Waals surface area contributed by atoms with Gasteiger partial charge in [-0.2, -0.15) is 0 Å². The molecule has 1 saturated heterocycles. The first-order valence-electron chi connectivity index (χ1n) is 5.53. The Morgan fingerprint density at radius 3 is 2.56 bits per heavy atom. The van der Waals surface area contributed by atoms with Crippen molar-refractivity contribution >= 4 is 23.7 Å². The third-order valence-electron chi connectivity index (χ3n) is 2.69. The Bertz CT molecular complexity index is 319. The predicted molar refractivity (Wildman–Crippen MR) is 71.4 cm³/mol. The van der Waals surface area contributed by atoms with E-state index in [9.17, 15) is 0 Å². The quantitative estimate of drug-likeness (QED) is 0.883. The smallest absolute Gasteiger partial charge is 0.0897 e. The number of halogens is 1. The lowest BCUT2D eigenvalue weighted by atomic mass is 10.1. The lowest BCUT2D eigenvalue weighted by Gasteiger charge is -2.35. The topological polar surface area (TPSA) is 28.2 Å². The Kier molecular flexibility index (Phi) is 5.18. The number of piperazine rings is 1. The largest absolute Gasteiger partial charge is 0.309 e. The molecule has 1 aromatic rings. The molecule has 1 fully saturated rings. The molecule has 1 N–H and O–H groups in total. The summed E-state index contributed by atoms with van der Waals surface area (Å²) in [6.45, 7) is 9.81. The lowest BCUT2D eigenvalue weighted by molar-refractivity contribution is 0.165. The number of hydrogen-bond acceptors (Lipinski definition) is 4. The molecular weight excluding hydrogens is 242 g/mol. The van der Waals surface area contributed by atoms with Gasteiger partial charge in [0.05, 0.1) is 10.7 Å². The Morgan fingerprint density at radius 1 is 1.44 bits per heavy atom. The Balaban J connectivity index is 0.00000128. The van der Waals surface area contributed by atoms with Crippen LogP contribution in [-0.2, 0) is 6.54 Å². The summed E-state index contributed by atoms with van der Waals surface area (Å²) in [7, 11) is 0. The van der Waals surface area contributed by atoms with Crippen LogP contribution < -0.4 is 5.32 Å². The number of aryl methyl sites for hydroxylation is 1. The highest BCUT2D eigenvalue weighted by molar-refractivity contribution is 7.09. The van der Waals surface area contributed by atoms with Crippen molar-refractivity contribution in [2.75, 3.05) is 13.1 Å². The molecule has 0 saturated carbocycles. The summed E-state index contributed by atoms with van der Waals surface area (Å²) in [4.78, 5) is 7.00. The maximum Gasteiger partial charge on any atom is 0.0897 e. The summed E-state index contributed by atoms with van der Waals surface area (Å²) >= 11 is 1.74. The highest BCUT2D eigenvalue weighted by Gasteiger charge is 2.21. The van der Waals surface area contributed by atoms with E-state index in [0.717, 1.165) is 19.6 Å². The predicted octanol–water partition coefficient (Wildman–Crippen LogP) is 2.06. The molecule has 1 aliphatic heterocycles. The molecule has 2 heterocycles. The van der Waals surface area contributed by atoms with Gasteiger partial charge in [-0.3, -0.25) is 4.90 Å². The molecule has 0 radical (unpaired) electrons. The minimum atomic E-state index is 0. The Labute approximate surface area is 108 Å². The van der Waals surface area contributed by atoms with E-state index in [1.54, 1.807) is 11.3 Å². The van der Waals surface area contributed by atoms with Gasteiger partial charge in [-0.1, -0.05) is 0 Å². The molecule has 0 aromatic carbocycles. The van der Waals surface area contributed by atoms with Gasteiger partial charge in [0.15, 0.2) is 0 Å². The van der Waals surface area contributed by atoms with Gasteiger partial charge in [0, 0.05) is 37.1 Å². The normalized spacial score (nSPS) is 26.4. The van der Waals surface area contributed by atoms with Crippen molar-refractivity contribution in [2.45, 2.75) is 39.4 Å². The van der Waals surface area contributed by atoms with Crippen LogP contribution in [0.3, 0.4) is 0 Å². The van der Waals surface area contributed by atoms with Crippen molar-refractivity contribution < 1.29 is 0 Å². The fraction of sp³-hybridized carbons (Fsp3) is 0.727. The number of nitrogens with zero attached hydrogens (tertiary/aromatic N) is 2. The zero-order valence-electron chi connectivity index (χ0n) is 10.1. The molecule has 2 rings (SSSR count). The van der Waals surface area contributed by atoms with Gasteiger partial charge in [0.2, 0.25) is 0 Å². The van der Waals surface area contributed by atoms with E-state index in [0.29, 0.717) is 12.1 Å². The van der Waals surface area contributed by atoms with Crippen LogP contribution in [0.4, 0.5) is 0 Å². The summed E-state index contributed by atoms with van der Waals surface area (Å²) in [6.07, 6.45) is 0. The average molecular weight is 262 g/mol. The van der Waals surface area contributed by atoms with Gasteiger partial charge in [0.25, 0.3) is 0 Å². The zero-order valence-corrected chi connectivity index (χ0v) is 11.7. The molecule has 1 aliphatic rings. The fourth-order valence-corrected chi connectivity index (χ4v) is 2.88. The summed E-state index contributed by atoms with van der Waals surface area (Å²) in [5.41, 5.74) is 1.22. The first-order valence-corrected chi connectivity index (χ1v) is 6.41. The molecule has 1 aromatic heterocycles.